The molecule has 12 heteroatoms. The van der Waals surface area contributed by atoms with Crippen LogP contribution in [-0.4, -0.2) is 54.3 Å². The second-order valence-electron chi connectivity index (χ2n) is 7.23. The van der Waals surface area contributed by atoms with Crippen LogP contribution in [0.15, 0.2) is 49.2 Å². The Hall–Kier alpha value is -4.12. The van der Waals surface area contributed by atoms with E-state index >= 15 is 0 Å². The van der Waals surface area contributed by atoms with Gasteiger partial charge in [0.05, 0.1) is 17.8 Å². The number of nitrogens with one attached hydrogen (secondary N) is 1. The number of halogens is 1. The van der Waals surface area contributed by atoms with E-state index in [0.717, 1.165) is 5.56 Å². The van der Waals surface area contributed by atoms with Crippen LogP contribution in [0.1, 0.15) is 18.9 Å². The van der Waals surface area contributed by atoms with Gasteiger partial charge in [-0.3, -0.25) is 9.59 Å². The number of amides is 1. The van der Waals surface area contributed by atoms with Gasteiger partial charge in [0, 0.05) is 25.7 Å². The molecule has 0 radical (unpaired) electrons. The van der Waals surface area contributed by atoms with E-state index < -0.39 is 18.0 Å². The Morgan fingerprint density at radius 2 is 2.00 bits per heavy atom. The van der Waals surface area contributed by atoms with E-state index in [4.69, 9.17) is 21.1 Å². The fourth-order valence-corrected chi connectivity index (χ4v) is 3.24. The first-order valence-corrected chi connectivity index (χ1v) is 10.6. The van der Waals surface area contributed by atoms with Crippen molar-refractivity contribution < 1.29 is 19.1 Å². The third kappa shape index (κ3) is 5.26. The van der Waals surface area contributed by atoms with E-state index in [0.29, 0.717) is 27.7 Å². The molecular formula is C22H20ClN7O4. The molecule has 34 heavy (non-hydrogen) atoms. The number of nitrogens with zero attached hydrogens (tertiary/aromatic N) is 6. The third-order valence-electron chi connectivity index (χ3n) is 4.66. The number of ether oxygens (including phenoxy) is 2. The number of fused-ring (bicyclic) bond motifs is 1. The number of aryl methyl sites for hydroxylation is 1. The molecule has 0 aliphatic carbocycles. The van der Waals surface area contributed by atoms with Crippen molar-refractivity contribution in [2.24, 2.45) is 0 Å². The van der Waals surface area contributed by atoms with Gasteiger partial charge in [-0.2, -0.15) is 9.78 Å². The normalized spacial score (nSPS) is 11.7. The number of rotatable bonds is 8. The standard InChI is InChI=1S/C22H20ClN7O4/c1-13-5-6-18(25-10-13)29-21(32)17(7-9-33-14(2)31)34-22-15-11-28-30(19(15)26-12-27-22)20-16(23)4-3-8-24-20/h3-6,8,10-12,17H,7,9H2,1-2H3,(H,25,29,32). The number of esters is 1. The number of hydrogen-bond donors (Lipinski definition) is 1. The maximum atomic E-state index is 13.0. The zero-order valence-electron chi connectivity index (χ0n) is 18.3. The van der Waals surface area contributed by atoms with E-state index in [1.807, 2.05) is 13.0 Å². The van der Waals surface area contributed by atoms with Gasteiger partial charge < -0.3 is 14.8 Å². The Morgan fingerprint density at radius 3 is 2.74 bits per heavy atom. The molecule has 1 amide bonds. The molecule has 4 rings (SSSR count). The van der Waals surface area contributed by atoms with Crippen molar-refractivity contribution >= 4 is 40.3 Å². The van der Waals surface area contributed by atoms with Crippen molar-refractivity contribution in [1.29, 1.82) is 0 Å². The van der Waals surface area contributed by atoms with Crippen LogP contribution in [0.2, 0.25) is 5.02 Å². The first-order chi connectivity index (χ1) is 16.4. The van der Waals surface area contributed by atoms with Crippen LogP contribution < -0.4 is 10.1 Å². The summed E-state index contributed by atoms with van der Waals surface area (Å²) in [5, 5.41) is 7.85. The summed E-state index contributed by atoms with van der Waals surface area (Å²) >= 11 is 6.25. The highest BCUT2D eigenvalue weighted by Crippen LogP contribution is 2.26. The van der Waals surface area contributed by atoms with Gasteiger partial charge in [0.15, 0.2) is 17.6 Å². The Kier molecular flexibility index (Phi) is 6.93. The number of carbonyl (C=O) groups excluding carboxylic acids is 2. The molecule has 0 saturated carbocycles. The van der Waals surface area contributed by atoms with E-state index in [1.54, 1.807) is 30.6 Å². The van der Waals surface area contributed by atoms with Crippen molar-refractivity contribution in [2.45, 2.75) is 26.4 Å². The largest absolute Gasteiger partial charge is 0.466 e. The van der Waals surface area contributed by atoms with E-state index in [1.165, 1.54) is 24.1 Å². The molecule has 1 unspecified atom stereocenters. The average molecular weight is 482 g/mol. The second-order valence-corrected chi connectivity index (χ2v) is 7.63. The molecule has 0 aromatic carbocycles. The maximum absolute atomic E-state index is 13.0. The summed E-state index contributed by atoms with van der Waals surface area (Å²) in [6, 6.07) is 6.89. The molecule has 1 atom stereocenters. The maximum Gasteiger partial charge on any atom is 0.302 e. The molecule has 0 bridgehead atoms. The Balaban J connectivity index is 1.61. The Morgan fingerprint density at radius 1 is 1.15 bits per heavy atom. The number of pyridine rings is 2. The minimum Gasteiger partial charge on any atom is -0.466 e. The number of anilines is 1. The van der Waals surface area contributed by atoms with Crippen LogP contribution in [0, 0.1) is 6.92 Å². The summed E-state index contributed by atoms with van der Waals surface area (Å²) < 4.78 is 12.4. The molecule has 4 aromatic rings. The first-order valence-electron chi connectivity index (χ1n) is 10.3. The lowest BCUT2D eigenvalue weighted by Crippen LogP contribution is -2.34. The molecule has 11 nitrogen and oxygen atoms in total. The van der Waals surface area contributed by atoms with Crippen molar-refractivity contribution in [3.05, 3.63) is 59.8 Å². The van der Waals surface area contributed by atoms with Gasteiger partial charge in [-0.05, 0) is 30.7 Å². The zero-order chi connectivity index (χ0) is 24.1. The van der Waals surface area contributed by atoms with Gasteiger partial charge in [-0.1, -0.05) is 17.7 Å². The van der Waals surface area contributed by atoms with Gasteiger partial charge in [0.1, 0.15) is 17.5 Å². The lowest BCUT2D eigenvalue weighted by Gasteiger charge is -2.18. The van der Waals surface area contributed by atoms with Gasteiger partial charge in [0.25, 0.3) is 5.91 Å². The smallest absolute Gasteiger partial charge is 0.302 e. The van der Waals surface area contributed by atoms with Crippen LogP contribution in [0.25, 0.3) is 16.9 Å². The minimum atomic E-state index is -1.04. The first kappa shape index (κ1) is 23.1. The Labute approximate surface area is 199 Å². The highest BCUT2D eigenvalue weighted by Gasteiger charge is 2.24. The predicted molar refractivity (Wildman–Crippen MR) is 123 cm³/mol. The Bertz CT molecular complexity index is 1330. The van der Waals surface area contributed by atoms with Crippen LogP contribution >= 0.6 is 11.6 Å². The average Bonchev–Trinajstić information content (AvgIpc) is 3.25. The summed E-state index contributed by atoms with van der Waals surface area (Å²) in [6.07, 6.45) is 5.05. The predicted octanol–water partition coefficient (Wildman–Crippen LogP) is 2.91. The molecule has 0 saturated heterocycles. The van der Waals surface area contributed by atoms with E-state index in [2.05, 4.69) is 30.4 Å². The fraction of sp³-hybridized carbons (Fsp3) is 0.227. The van der Waals surface area contributed by atoms with E-state index in [9.17, 15) is 9.59 Å². The number of hydrogen-bond acceptors (Lipinski definition) is 9. The van der Waals surface area contributed by atoms with Gasteiger partial charge in [-0.15, -0.1) is 0 Å². The minimum absolute atomic E-state index is 0.0220. The molecule has 174 valence electrons. The molecule has 0 spiro atoms. The summed E-state index contributed by atoms with van der Waals surface area (Å²) in [4.78, 5) is 41.0. The molecule has 0 aliphatic rings. The van der Waals surface area contributed by atoms with Gasteiger partial charge in [0.2, 0.25) is 5.88 Å². The van der Waals surface area contributed by atoms with Crippen molar-refractivity contribution in [1.82, 2.24) is 29.7 Å². The highest BCUT2D eigenvalue weighted by atomic mass is 35.5. The SMILES string of the molecule is CC(=O)OCCC(Oc1ncnc2c1cnn2-c1ncccc1Cl)C(=O)Nc1ccc(C)cn1. The van der Waals surface area contributed by atoms with Gasteiger partial charge >= 0.3 is 5.97 Å². The quantitative estimate of drug-likeness (QED) is 0.377. The number of aromatic nitrogens is 6. The number of carbonyl (C=O) groups is 2. The summed E-state index contributed by atoms with van der Waals surface area (Å²) in [6.45, 7) is 3.16. The monoisotopic (exact) mass is 481 g/mol. The molecule has 0 fully saturated rings. The lowest BCUT2D eigenvalue weighted by molar-refractivity contribution is -0.142. The van der Waals surface area contributed by atoms with Crippen molar-refractivity contribution in [3.63, 3.8) is 0 Å². The third-order valence-corrected chi connectivity index (χ3v) is 4.96. The lowest BCUT2D eigenvalue weighted by atomic mass is 10.2. The van der Waals surface area contributed by atoms with Crippen molar-refractivity contribution in [3.8, 4) is 11.7 Å². The fourth-order valence-electron chi connectivity index (χ4n) is 3.04. The van der Waals surface area contributed by atoms with Crippen LogP contribution in [0.5, 0.6) is 5.88 Å². The van der Waals surface area contributed by atoms with Crippen LogP contribution in [-0.2, 0) is 14.3 Å². The zero-order valence-corrected chi connectivity index (χ0v) is 19.1. The summed E-state index contributed by atoms with van der Waals surface area (Å²) in [5.74, 6) is -0.0589. The van der Waals surface area contributed by atoms with E-state index in [-0.39, 0.29) is 18.9 Å². The summed E-state index contributed by atoms with van der Waals surface area (Å²) in [5.41, 5.74) is 1.35. The molecular weight excluding hydrogens is 462 g/mol. The second kappa shape index (κ2) is 10.2. The molecule has 1 N–H and O–H groups in total. The van der Waals surface area contributed by atoms with Gasteiger partial charge in [-0.25, -0.2) is 19.9 Å². The van der Waals surface area contributed by atoms with Crippen molar-refractivity contribution in [2.75, 3.05) is 11.9 Å². The summed E-state index contributed by atoms with van der Waals surface area (Å²) in [7, 11) is 0. The molecule has 4 heterocycles. The van der Waals surface area contributed by atoms with Crippen LogP contribution in [0.3, 0.4) is 0 Å². The highest BCUT2D eigenvalue weighted by molar-refractivity contribution is 6.32. The topological polar surface area (TPSA) is 134 Å². The molecule has 0 aliphatic heterocycles. The van der Waals surface area contributed by atoms with Crippen LogP contribution in [0.4, 0.5) is 5.82 Å². The molecule has 4 aromatic heterocycles.